The number of ether oxygens (including phenoxy) is 7. The Labute approximate surface area is 446 Å². The first kappa shape index (κ1) is 59.0. The fourth-order valence-corrected chi connectivity index (χ4v) is 10.7. The molecule has 6 aromatic rings. The number of nitriles is 1. The lowest BCUT2D eigenvalue weighted by Crippen LogP contribution is -2.52. The minimum Gasteiger partial charge on any atom is -0.497 e. The van der Waals surface area contributed by atoms with Gasteiger partial charge in [-0.3, -0.25) is 19.1 Å². The predicted molar refractivity (Wildman–Crippen MR) is 272 cm³/mol. The Bertz CT molecular complexity index is 2920. The molecule has 18 nitrogen and oxygen atoms in total. The zero-order chi connectivity index (χ0) is 56.4. The quantitative estimate of drug-likeness (QED) is 0.0170. The summed E-state index contributed by atoms with van der Waals surface area (Å²) in [5.41, 5.74) is 4.36. The van der Waals surface area contributed by atoms with Crippen LogP contribution in [0.4, 0.5) is 32.3 Å². The Morgan fingerprint density at radius 2 is 1.40 bits per heavy atom. The largest absolute Gasteiger partial charge is 0.497 e. The van der Waals surface area contributed by atoms with Crippen LogP contribution < -0.4 is 25.5 Å². The highest BCUT2D eigenvalue weighted by Gasteiger charge is 2.59. The van der Waals surface area contributed by atoms with E-state index < -0.39 is 94.4 Å². The number of ketones is 1. The monoisotopic (exact) mass is 1110 g/mol. The number of para-hydroxylation sites is 1. The van der Waals surface area contributed by atoms with E-state index in [1.54, 1.807) is 109 Å². The summed E-state index contributed by atoms with van der Waals surface area (Å²) in [5, 5.41) is 9.65. The molecule has 3 N–H and O–H groups in total. The number of Topliss-reactive ketones (excluding diaryl/α,β-unsaturated/α-hetero) is 1. The molecule has 0 saturated carbocycles. The number of hydrogen-bond donors (Lipinski definition) is 2. The van der Waals surface area contributed by atoms with Crippen LogP contribution in [0.2, 0.25) is 0 Å². The van der Waals surface area contributed by atoms with Crippen LogP contribution in [0, 0.1) is 17.2 Å². The zero-order valence-electron chi connectivity index (χ0n) is 43.1. The number of aromatic amines is 1. The van der Waals surface area contributed by atoms with Crippen molar-refractivity contribution in [2.45, 2.75) is 94.8 Å². The summed E-state index contributed by atoms with van der Waals surface area (Å²) in [6.07, 6.45) is -19.3. The van der Waals surface area contributed by atoms with E-state index in [4.69, 9.17) is 47.9 Å². The molecule has 0 spiro atoms. The number of nitrogens with one attached hydrogen (secondary N) is 1. The molecule has 3 heterocycles. The number of alkyl halides is 6. The lowest BCUT2D eigenvalue weighted by Gasteiger charge is -2.42. The number of H-pyrrole nitrogens is 1. The number of aromatic nitrogens is 4. The van der Waals surface area contributed by atoms with Crippen molar-refractivity contribution in [2.75, 3.05) is 46.6 Å². The molecule has 0 bridgehead atoms. The third-order valence-corrected chi connectivity index (χ3v) is 14.6. The van der Waals surface area contributed by atoms with Crippen LogP contribution in [-0.4, -0.2) is 120 Å². The van der Waals surface area contributed by atoms with E-state index in [0.29, 0.717) is 28.2 Å². The maximum Gasteiger partial charge on any atom is 0.402 e. The number of anilines is 1. The molecular formula is C53H58F6N7O11P. The maximum atomic E-state index is 15.7. The number of halogens is 6. The number of fused-ring (bicyclic) bond motifs is 1. The first-order chi connectivity index (χ1) is 37.2. The second kappa shape index (κ2) is 25.9. The second-order valence-corrected chi connectivity index (χ2v) is 19.7. The fraction of sp³-hybridized carbons (Fsp3) is 0.415. The number of hydrogen-bond acceptors (Lipinski definition) is 16. The van der Waals surface area contributed by atoms with Gasteiger partial charge in [-0.1, -0.05) is 72.8 Å². The number of nitrogens with zero attached hydrogens (tertiary/aromatic N) is 5. The number of rotatable bonds is 26. The van der Waals surface area contributed by atoms with Gasteiger partial charge in [-0.25, -0.2) is 9.65 Å². The Kier molecular flexibility index (Phi) is 19.6. The van der Waals surface area contributed by atoms with Crippen LogP contribution in [0.25, 0.3) is 11.2 Å². The average molecular weight is 1110 g/mol. The Hall–Kier alpha value is -6.68. The molecule has 2 unspecified atom stereocenters. The van der Waals surface area contributed by atoms with Crippen molar-refractivity contribution in [1.82, 2.24) is 24.2 Å². The smallest absolute Gasteiger partial charge is 0.402 e. The number of methoxy groups -OCH3 is 2. The van der Waals surface area contributed by atoms with Gasteiger partial charge in [0, 0.05) is 12.1 Å². The van der Waals surface area contributed by atoms with Crippen LogP contribution in [0.15, 0.2) is 120 Å². The van der Waals surface area contributed by atoms with Crippen molar-refractivity contribution in [1.29, 1.82) is 5.26 Å². The topological polar surface area (TPSA) is 217 Å². The number of imidazole rings is 1. The molecule has 25 heteroatoms. The molecule has 2 aromatic heterocycles. The molecule has 1 aliphatic rings. The van der Waals surface area contributed by atoms with Gasteiger partial charge in [0.1, 0.15) is 54.6 Å². The molecule has 6 atom stereocenters. The minimum absolute atomic E-state index is 0.111. The van der Waals surface area contributed by atoms with E-state index >= 15 is 4.79 Å². The van der Waals surface area contributed by atoms with Crippen molar-refractivity contribution in [3.8, 4) is 23.3 Å². The van der Waals surface area contributed by atoms with Gasteiger partial charge in [0.05, 0.1) is 46.3 Å². The van der Waals surface area contributed by atoms with Crippen LogP contribution in [-0.2, 0) is 38.4 Å². The van der Waals surface area contributed by atoms with Gasteiger partial charge < -0.3 is 47.9 Å². The molecule has 0 aliphatic carbocycles. The van der Waals surface area contributed by atoms with Gasteiger partial charge >= 0.3 is 12.4 Å². The average Bonchev–Trinajstić information content (AvgIpc) is 4.18. The number of nitrogens with two attached hydrogens (primary N) is 1. The third-order valence-electron chi connectivity index (χ3n) is 12.5. The zero-order valence-corrected chi connectivity index (χ0v) is 44.0. The Morgan fingerprint density at radius 3 is 1.94 bits per heavy atom. The van der Waals surface area contributed by atoms with E-state index in [1.807, 2.05) is 38.4 Å². The van der Waals surface area contributed by atoms with Crippen molar-refractivity contribution < 1.29 is 73.3 Å². The molecule has 7 rings (SSSR count). The van der Waals surface area contributed by atoms with Crippen LogP contribution in [0.5, 0.6) is 17.2 Å². The molecule has 1 aliphatic heterocycles. The standard InChI is InChI=1S/C53H58F6N7O11P/c1-32(2)66(33(3)4)78(74-27-13-26-60)77-45-44(75-49(65-30-62-42-47(65)63-50(61)64-48(42)68)46(45)73-31-71-29-41(52(54,55)56)53(57,58)59)43(40(67)28-72-39-16-11-8-12-17-39)76-51(34-14-9-7-10-15-34,35-18-22-37(69-5)23-19-35)36-20-24-38(70-6)25-21-36/h7-12,14-25,30,32-33,41,43-46,49H,13,27-29,31H2,1-6H3,(H3,61,63,64,68)/t43?,44-,45-,46-,49-,78?/m1/s1. The first-order valence-electron chi connectivity index (χ1n) is 24.4. The van der Waals surface area contributed by atoms with Crippen molar-refractivity contribution in [3.05, 3.63) is 143 Å². The molecule has 1 saturated heterocycles. The van der Waals surface area contributed by atoms with E-state index in [1.165, 1.54) is 18.8 Å². The molecular weight excluding hydrogens is 1060 g/mol. The molecule has 78 heavy (non-hydrogen) atoms. The summed E-state index contributed by atoms with van der Waals surface area (Å²) in [4.78, 5) is 39.9. The van der Waals surface area contributed by atoms with E-state index in [-0.39, 0.29) is 48.0 Å². The predicted octanol–water partition coefficient (Wildman–Crippen LogP) is 9.40. The van der Waals surface area contributed by atoms with E-state index in [9.17, 15) is 36.4 Å². The van der Waals surface area contributed by atoms with E-state index in [2.05, 4.69) is 15.0 Å². The van der Waals surface area contributed by atoms with Crippen molar-refractivity contribution >= 4 is 31.4 Å². The summed E-state index contributed by atoms with van der Waals surface area (Å²) >= 11 is 0. The fourth-order valence-electron chi connectivity index (χ4n) is 8.91. The summed E-state index contributed by atoms with van der Waals surface area (Å²) in [6.45, 7) is 3.34. The van der Waals surface area contributed by atoms with Crippen molar-refractivity contribution in [3.63, 3.8) is 0 Å². The number of carbonyl (C=O) groups excluding carboxylic acids is 1. The number of nitrogen functional groups attached to an aromatic ring is 1. The lowest BCUT2D eigenvalue weighted by molar-refractivity contribution is -0.299. The van der Waals surface area contributed by atoms with Crippen molar-refractivity contribution in [2.24, 2.45) is 5.92 Å². The molecule has 0 radical (unpaired) electrons. The first-order valence-corrected chi connectivity index (χ1v) is 25.5. The SMILES string of the molecule is COc1ccc(C(OC(C(=O)COc2ccccc2)[C@H]2O[C@@H](n3cnc4c(=O)[nH]c(N)nc43)[C@H](OCOCC(C(F)(F)F)C(F)(F)F)[C@@H]2OP(OCCC#N)N(C(C)C)C(C)C)(c2ccccc2)c2ccc(OC)cc2)cc1. The molecule has 418 valence electrons. The maximum absolute atomic E-state index is 15.7. The van der Waals surface area contributed by atoms with Gasteiger partial charge in [0.2, 0.25) is 11.7 Å². The highest BCUT2D eigenvalue weighted by Crippen LogP contribution is 2.53. The second-order valence-electron chi connectivity index (χ2n) is 18.2. The molecule has 0 amide bonds. The van der Waals surface area contributed by atoms with Gasteiger partial charge in [0.25, 0.3) is 14.1 Å². The summed E-state index contributed by atoms with van der Waals surface area (Å²) in [6, 6.07) is 32.3. The third kappa shape index (κ3) is 13.6. The highest BCUT2D eigenvalue weighted by molar-refractivity contribution is 7.44. The number of carbonyl (C=O) groups is 1. The van der Waals surface area contributed by atoms with Crippen LogP contribution >= 0.6 is 8.53 Å². The Morgan fingerprint density at radius 1 is 0.833 bits per heavy atom. The Balaban J connectivity index is 1.50. The van der Waals surface area contributed by atoms with Gasteiger partial charge in [-0.2, -0.15) is 36.6 Å². The van der Waals surface area contributed by atoms with E-state index in [0.717, 1.165) is 6.33 Å². The van der Waals surface area contributed by atoms with Crippen LogP contribution in [0.3, 0.4) is 0 Å². The number of benzene rings is 4. The van der Waals surface area contributed by atoms with Gasteiger partial charge in [-0.15, -0.1) is 0 Å². The van der Waals surface area contributed by atoms with Gasteiger partial charge in [0.15, 0.2) is 29.4 Å². The summed E-state index contributed by atoms with van der Waals surface area (Å²) in [5.74, 6) is -3.83. The van der Waals surface area contributed by atoms with Gasteiger partial charge in [-0.05, 0) is 80.8 Å². The highest BCUT2D eigenvalue weighted by atomic mass is 31.2. The normalized spacial score (nSPS) is 17.9. The summed E-state index contributed by atoms with van der Waals surface area (Å²) < 4.78 is 143. The van der Waals surface area contributed by atoms with Crippen LogP contribution in [0.1, 0.15) is 57.0 Å². The molecule has 1 fully saturated rings. The lowest BCUT2D eigenvalue weighted by atomic mass is 9.79. The summed E-state index contributed by atoms with van der Waals surface area (Å²) in [7, 11) is 0.601. The minimum atomic E-state index is -5.76. The molecule has 4 aromatic carbocycles.